The first kappa shape index (κ1) is 13.9. The van der Waals surface area contributed by atoms with E-state index in [1.807, 2.05) is 6.92 Å². The first-order chi connectivity index (χ1) is 7.65. The SMILES string of the molecule is CCC(CO)(CO)NC1CCCC(C)CC1. The Kier molecular flexibility index (Phi) is 5.73. The summed E-state index contributed by atoms with van der Waals surface area (Å²) in [6.45, 7) is 4.37. The van der Waals surface area contributed by atoms with Crippen molar-refractivity contribution in [2.45, 2.75) is 64.0 Å². The average Bonchev–Trinajstić information content (AvgIpc) is 2.51. The number of rotatable bonds is 5. The highest BCUT2D eigenvalue weighted by Crippen LogP contribution is 2.24. The second kappa shape index (κ2) is 6.58. The summed E-state index contributed by atoms with van der Waals surface area (Å²) >= 11 is 0. The van der Waals surface area contributed by atoms with E-state index in [1.165, 1.54) is 32.1 Å². The molecule has 1 saturated carbocycles. The minimum atomic E-state index is -0.474. The molecule has 2 atom stereocenters. The van der Waals surface area contributed by atoms with Gasteiger partial charge in [0.1, 0.15) is 0 Å². The van der Waals surface area contributed by atoms with Gasteiger partial charge in [0.25, 0.3) is 0 Å². The Hall–Kier alpha value is -0.120. The largest absolute Gasteiger partial charge is 0.394 e. The molecular formula is C13H27NO2. The molecule has 0 aromatic heterocycles. The van der Waals surface area contributed by atoms with Crippen LogP contribution in [0.5, 0.6) is 0 Å². The van der Waals surface area contributed by atoms with Gasteiger partial charge in [0.05, 0.1) is 18.8 Å². The van der Waals surface area contributed by atoms with E-state index < -0.39 is 5.54 Å². The van der Waals surface area contributed by atoms with Crippen LogP contribution in [-0.2, 0) is 0 Å². The standard InChI is InChI=1S/C13H27NO2/c1-3-13(9-15,10-16)14-12-6-4-5-11(2)7-8-12/h11-12,14-16H,3-10H2,1-2H3. The van der Waals surface area contributed by atoms with E-state index in [9.17, 15) is 10.2 Å². The molecule has 0 aromatic rings. The molecule has 0 heterocycles. The highest BCUT2D eigenvalue weighted by molar-refractivity contribution is 4.89. The second-order valence-electron chi connectivity index (χ2n) is 5.40. The first-order valence-corrected chi connectivity index (χ1v) is 6.65. The van der Waals surface area contributed by atoms with Crippen molar-refractivity contribution in [3.05, 3.63) is 0 Å². The second-order valence-corrected chi connectivity index (χ2v) is 5.40. The van der Waals surface area contributed by atoms with Gasteiger partial charge in [-0.2, -0.15) is 0 Å². The van der Waals surface area contributed by atoms with Gasteiger partial charge < -0.3 is 15.5 Å². The molecule has 1 fully saturated rings. The number of hydrogen-bond donors (Lipinski definition) is 3. The van der Waals surface area contributed by atoms with E-state index >= 15 is 0 Å². The Morgan fingerprint density at radius 2 is 1.81 bits per heavy atom. The highest BCUT2D eigenvalue weighted by atomic mass is 16.3. The van der Waals surface area contributed by atoms with E-state index in [0.29, 0.717) is 6.04 Å². The third kappa shape index (κ3) is 3.72. The molecule has 1 aliphatic rings. The van der Waals surface area contributed by atoms with Crippen LogP contribution in [0.25, 0.3) is 0 Å². The Morgan fingerprint density at radius 3 is 2.38 bits per heavy atom. The van der Waals surface area contributed by atoms with Crippen LogP contribution in [0, 0.1) is 5.92 Å². The fraction of sp³-hybridized carbons (Fsp3) is 1.00. The molecule has 16 heavy (non-hydrogen) atoms. The zero-order chi connectivity index (χ0) is 12.0. The van der Waals surface area contributed by atoms with Crippen molar-refractivity contribution in [2.24, 2.45) is 5.92 Å². The summed E-state index contributed by atoms with van der Waals surface area (Å²) in [5.74, 6) is 0.825. The highest BCUT2D eigenvalue weighted by Gasteiger charge is 2.29. The van der Waals surface area contributed by atoms with Crippen molar-refractivity contribution in [2.75, 3.05) is 13.2 Å². The third-order valence-electron chi connectivity index (χ3n) is 4.05. The molecule has 0 aliphatic heterocycles. The van der Waals surface area contributed by atoms with Gasteiger partial charge in [-0.25, -0.2) is 0 Å². The van der Waals surface area contributed by atoms with E-state index in [2.05, 4.69) is 12.2 Å². The monoisotopic (exact) mass is 229 g/mol. The minimum absolute atomic E-state index is 0.0199. The summed E-state index contributed by atoms with van der Waals surface area (Å²) in [5, 5.41) is 22.3. The van der Waals surface area contributed by atoms with Crippen LogP contribution >= 0.6 is 0 Å². The number of nitrogens with one attached hydrogen (secondary N) is 1. The fourth-order valence-corrected chi connectivity index (χ4v) is 2.53. The molecule has 1 rings (SSSR count). The predicted octanol–water partition coefficient (Wildman–Crippen LogP) is 1.68. The molecule has 1 aliphatic carbocycles. The fourth-order valence-electron chi connectivity index (χ4n) is 2.53. The van der Waals surface area contributed by atoms with E-state index in [1.54, 1.807) is 0 Å². The van der Waals surface area contributed by atoms with Gasteiger partial charge >= 0.3 is 0 Å². The van der Waals surface area contributed by atoms with Gasteiger partial charge in [-0.1, -0.05) is 26.7 Å². The Morgan fingerprint density at radius 1 is 1.12 bits per heavy atom. The molecule has 0 spiro atoms. The van der Waals surface area contributed by atoms with Crippen LogP contribution in [0.15, 0.2) is 0 Å². The van der Waals surface area contributed by atoms with Crippen molar-refractivity contribution in [1.29, 1.82) is 0 Å². The lowest BCUT2D eigenvalue weighted by molar-refractivity contribution is 0.0754. The van der Waals surface area contributed by atoms with E-state index in [-0.39, 0.29) is 13.2 Å². The summed E-state index contributed by atoms with van der Waals surface area (Å²) < 4.78 is 0. The normalized spacial score (nSPS) is 27.8. The predicted molar refractivity (Wildman–Crippen MR) is 66.4 cm³/mol. The quantitative estimate of drug-likeness (QED) is 0.629. The Labute approximate surface area is 99.3 Å². The van der Waals surface area contributed by atoms with E-state index in [4.69, 9.17) is 0 Å². The third-order valence-corrected chi connectivity index (χ3v) is 4.05. The summed E-state index contributed by atoms with van der Waals surface area (Å²) in [6, 6.07) is 0.462. The van der Waals surface area contributed by atoms with Crippen LogP contribution in [0.1, 0.15) is 52.4 Å². The van der Waals surface area contributed by atoms with Gasteiger partial charge in [0, 0.05) is 6.04 Å². The topological polar surface area (TPSA) is 52.5 Å². The summed E-state index contributed by atoms with van der Waals surface area (Å²) in [7, 11) is 0. The van der Waals surface area contributed by atoms with Crippen LogP contribution in [0.4, 0.5) is 0 Å². The molecule has 0 aromatic carbocycles. The van der Waals surface area contributed by atoms with Crippen molar-refractivity contribution < 1.29 is 10.2 Å². The molecule has 0 radical (unpaired) electrons. The summed E-state index contributed by atoms with van der Waals surface area (Å²) in [5.41, 5.74) is -0.474. The van der Waals surface area contributed by atoms with Crippen LogP contribution < -0.4 is 5.32 Å². The zero-order valence-corrected chi connectivity index (χ0v) is 10.7. The molecule has 0 amide bonds. The molecule has 2 unspecified atom stereocenters. The smallest absolute Gasteiger partial charge is 0.0647 e. The number of aliphatic hydroxyl groups excluding tert-OH is 2. The van der Waals surface area contributed by atoms with Crippen molar-refractivity contribution in [1.82, 2.24) is 5.32 Å². The first-order valence-electron chi connectivity index (χ1n) is 6.65. The molecule has 3 heteroatoms. The molecule has 3 N–H and O–H groups in total. The van der Waals surface area contributed by atoms with E-state index in [0.717, 1.165) is 12.3 Å². The lowest BCUT2D eigenvalue weighted by Crippen LogP contribution is -2.55. The van der Waals surface area contributed by atoms with Crippen LogP contribution in [-0.4, -0.2) is 35.0 Å². The van der Waals surface area contributed by atoms with Gasteiger partial charge in [0.15, 0.2) is 0 Å². The van der Waals surface area contributed by atoms with Crippen molar-refractivity contribution in [3.8, 4) is 0 Å². The lowest BCUT2D eigenvalue weighted by atomic mass is 9.95. The maximum absolute atomic E-state index is 9.41. The van der Waals surface area contributed by atoms with Crippen molar-refractivity contribution >= 4 is 0 Å². The maximum atomic E-state index is 9.41. The van der Waals surface area contributed by atoms with Gasteiger partial charge in [-0.3, -0.25) is 0 Å². The minimum Gasteiger partial charge on any atom is -0.394 e. The number of aliphatic hydroxyl groups is 2. The van der Waals surface area contributed by atoms with Crippen molar-refractivity contribution in [3.63, 3.8) is 0 Å². The van der Waals surface area contributed by atoms with Crippen LogP contribution in [0.3, 0.4) is 0 Å². The van der Waals surface area contributed by atoms with Gasteiger partial charge in [-0.05, 0) is 31.6 Å². The molecular weight excluding hydrogens is 202 g/mol. The molecule has 0 saturated heterocycles. The Bertz CT molecular complexity index is 184. The molecule has 3 nitrogen and oxygen atoms in total. The van der Waals surface area contributed by atoms with Gasteiger partial charge in [0.2, 0.25) is 0 Å². The lowest BCUT2D eigenvalue weighted by Gasteiger charge is -2.34. The average molecular weight is 229 g/mol. The summed E-state index contributed by atoms with van der Waals surface area (Å²) in [4.78, 5) is 0. The zero-order valence-electron chi connectivity index (χ0n) is 10.7. The number of hydrogen-bond acceptors (Lipinski definition) is 3. The molecule has 0 bridgehead atoms. The summed E-state index contributed by atoms with van der Waals surface area (Å²) in [6.07, 6.45) is 6.94. The maximum Gasteiger partial charge on any atom is 0.0647 e. The van der Waals surface area contributed by atoms with Crippen LogP contribution in [0.2, 0.25) is 0 Å². The van der Waals surface area contributed by atoms with Gasteiger partial charge in [-0.15, -0.1) is 0 Å². The Balaban J connectivity index is 2.50. The molecule has 96 valence electrons.